The Morgan fingerprint density at radius 2 is 1.74 bits per heavy atom. The zero-order valence-electron chi connectivity index (χ0n) is 13.0. The van der Waals surface area contributed by atoms with E-state index in [0.29, 0.717) is 6.42 Å². The molecule has 23 heavy (non-hydrogen) atoms. The van der Waals surface area contributed by atoms with Gasteiger partial charge in [0.25, 0.3) is 0 Å². The molecule has 1 aromatic carbocycles. The molecule has 0 radical (unpaired) electrons. The fourth-order valence-corrected chi connectivity index (χ4v) is 2.60. The minimum Gasteiger partial charge on any atom is -0.370 e. The van der Waals surface area contributed by atoms with Gasteiger partial charge in [0.2, 0.25) is 0 Å². The van der Waals surface area contributed by atoms with Gasteiger partial charge in [-0.05, 0) is 18.6 Å². The number of hydroxylamine groups is 1. The average Bonchev–Trinajstić information content (AvgIpc) is 2.52. The molecule has 128 valence electrons. The lowest BCUT2D eigenvalue weighted by atomic mass is 10.2. The van der Waals surface area contributed by atoms with Crippen LogP contribution in [0.1, 0.15) is 39.0 Å². The molecule has 0 amide bonds. The van der Waals surface area contributed by atoms with Gasteiger partial charge in [-0.2, -0.15) is 8.42 Å². The Labute approximate surface area is 136 Å². The predicted molar refractivity (Wildman–Crippen MR) is 82.6 cm³/mol. The van der Waals surface area contributed by atoms with Crippen LogP contribution in [-0.2, 0) is 28.7 Å². The summed E-state index contributed by atoms with van der Waals surface area (Å²) in [7, 11) is -4.16. The van der Waals surface area contributed by atoms with Gasteiger partial charge in [-0.25, -0.2) is 4.79 Å². The van der Waals surface area contributed by atoms with Crippen molar-refractivity contribution < 1.29 is 27.0 Å². The second kappa shape index (κ2) is 9.96. The number of carbonyl (C=O) groups excluding carboxylic acids is 2. The minimum absolute atomic E-state index is 0.124. The first-order valence-corrected chi connectivity index (χ1v) is 8.81. The molecule has 0 saturated heterocycles. The van der Waals surface area contributed by atoms with Crippen LogP contribution in [0.25, 0.3) is 0 Å². The smallest absolute Gasteiger partial charge is 0.341 e. The first kappa shape index (κ1) is 19.1. The van der Waals surface area contributed by atoms with E-state index in [9.17, 15) is 18.0 Å². The molecule has 0 aliphatic carbocycles. The van der Waals surface area contributed by atoms with Crippen LogP contribution in [0.2, 0.25) is 0 Å². The van der Waals surface area contributed by atoms with Gasteiger partial charge in [-0.1, -0.05) is 44.4 Å². The summed E-state index contributed by atoms with van der Waals surface area (Å²) in [6.07, 6.45) is 3.99. The lowest BCUT2D eigenvalue weighted by molar-refractivity contribution is -0.153. The van der Waals surface area contributed by atoms with Gasteiger partial charge in [0, 0.05) is 6.42 Å². The van der Waals surface area contributed by atoms with E-state index in [0.717, 1.165) is 19.3 Å². The molecule has 0 spiro atoms. The zero-order chi connectivity index (χ0) is 17.1. The van der Waals surface area contributed by atoms with E-state index in [1.165, 1.54) is 24.3 Å². The molecule has 7 nitrogen and oxygen atoms in total. The molecule has 1 aromatic rings. The van der Waals surface area contributed by atoms with E-state index in [1.54, 1.807) is 6.07 Å². The topological polar surface area (TPSA) is 98.8 Å². The standard InChI is InChI=1S/C15H21NO6S/c1-2-3-4-8-11-14(17)21-16-12-15(18)22-23(19,20)13-9-6-5-7-10-13/h5-7,9-10,16H,2-4,8,11-12H2,1H3. The maximum absolute atomic E-state index is 11.8. The van der Waals surface area contributed by atoms with Crippen LogP contribution in [-0.4, -0.2) is 26.9 Å². The lowest BCUT2D eigenvalue weighted by Crippen LogP contribution is -2.29. The number of rotatable bonds is 10. The van der Waals surface area contributed by atoms with E-state index in [-0.39, 0.29) is 11.3 Å². The molecule has 0 aromatic heterocycles. The Morgan fingerprint density at radius 3 is 2.39 bits per heavy atom. The van der Waals surface area contributed by atoms with Gasteiger partial charge in [0.1, 0.15) is 11.4 Å². The van der Waals surface area contributed by atoms with Crippen molar-refractivity contribution in [3.8, 4) is 0 Å². The highest BCUT2D eigenvalue weighted by atomic mass is 32.2. The molecule has 8 heteroatoms. The van der Waals surface area contributed by atoms with Crippen molar-refractivity contribution in [1.82, 2.24) is 5.48 Å². The van der Waals surface area contributed by atoms with Gasteiger partial charge in [-0.3, -0.25) is 4.79 Å². The van der Waals surface area contributed by atoms with Crippen LogP contribution in [0.5, 0.6) is 0 Å². The van der Waals surface area contributed by atoms with Crippen molar-refractivity contribution in [1.29, 1.82) is 0 Å². The maximum Gasteiger partial charge on any atom is 0.341 e. The molecular weight excluding hydrogens is 322 g/mol. The molecule has 0 aliphatic heterocycles. The second-order valence-corrected chi connectivity index (χ2v) is 6.37. The minimum atomic E-state index is -4.16. The summed E-state index contributed by atoms with van der Waals surface area (Å²) < 4.78 is 27.9. The Bertz CT molecular complexity index is 600. The van der Waals surface area contributed by atoms with Crippen LogP contribution in [0, 0.1) is 0 Å². The molecule has 1 rings (SSSR count). The molecule has 1 N–H and O–H groups in total. The highest BCUT2D eigenvalue weighted by molar-refractivity contribution is 7.87. The van der Waals surface area contributed by atoms with Gasteiger partial charge < -0.3 is 9.02 Å². The van der Waals surface area contributed by atoms with Crippen LogP contribution < -0.4 is 5.48 Å². The average molecular weight is 343 g/mol. The molecule has 0 unspecified atom stereocenters. The Balaban J connectivity index is 2.28. The molecular formula is C15H21NO6S. The maximum atomic E-state index is 11.8. The summed E-state index contributed by atoms with van der Waals surface area (Å²) in [4.78, 5) is 27.3. The quantitative estimate of drug-likeness (QED) is 0.394. The summed E-state index contributed by atoms with van der Waals surface area (Å²) >= 11 is 0. The third-order valence-corrected chi connectivity index (χ3v) is 4.13. The first-order valence-electron chi connectivity index (χ1n) is 7.40. The fraction of sp³-hybridized carbons (Fsp3) is 0.467. The number of carbonyl (C=O) groups is 2. The van der Waals surface area contributed by atoms with Crippen molar-refractivity contribution in [2.45, 2.75) is 43.9 Å². The molecule has 0 bridgehead atoms. The predicted octanol–water partition coefficient (Wildman–Crippen LogP) is 1.94. The normalized spacial score (nSPS) is 11.0. The molecule has 0 atom stereocenters. The summed E-state index contributed by atoms with van der Waals surface area (Å²) in [5.74, 6) is -1.56. The van der Waals surface area contributed by atoms with Gasteiger partial charge >= 0.3 is 22.1 Å². The van der Waals surface area contributed by atoms with Crippen molar-refractivity contribution in [3.05, 3.63) is 30.3 Å². The molecule has 0 aliphatic rings. The molecule has 0 heterocycles. The van der Waals surface area contributed by atoms with Crippen molar-refractivity contribution in [3.63, 3.8) is 0 Å². The monoisotopic (exact) mass is 343 g/mol. The molecule has 0 saturated carbocycles. The Hall–Kier alpha value is -1.93. The van der Waals surface area contributed by atoms with Crippen LogP contribution in [0.15, 0.2) is 35.2 Å². The van der Waals surface area contributed by atoms with E-state index in [1.807, 2.05) is 0 Å². The van der Waals surface area contributed by atoms with Crippen molar-refractivity contribution in [2.75, 3.05) is 6.54 Å². The van der Waals surface area contributed by atoms with E-state index >= 15 is 0 Å². The summed E-state index contributed by atoms with van der Waals surface area (Å²) in [5, 5.41) is 0. The Kier molecular flexibility index (Phi) is 8.28. The highest BCUT2D eigenvalue weighted by Crippen LogP contribution is 2.11. The number of unbranched alkanes of at least 4 members (excludes halogenated alkanes) is 3. The van der Waals surface area contributed by atoms with Gasteiger partial charge in [0.15, 0.2) is 0 Å². The fourth-order valence-electron chi connectivity index (χ4n) is 1.71. The Morgan fingerprint density at radius 1 is 1.04 bits per heavy atom. The highest BCUT2D eigenvalue weighted by Gasteiger charge is 2.19. The van der Waals surface area contributed by atoms with Crippen molar-refractivity contribution >= 4 is 22.1 Å². The van der Waals surface area contributed by atoms with Crippen LogP contribution in [0.3, 0.4) is 0 Å². The van der Waals surface area contributed by atoms with Crippen LogP contribution in [0.4, 0.5) is 0 Å². The summed E-state index contributed by atoms with van der Waals surface area (Å²) in [6, 6.07) is 7.29. The summed E-state index contributed by atoms with van der Waals surface area (Å²) in [5.41, 5.74) is 2.11. The summed E-state index contributed by atoms with van der Waals surface area (Å²) in [6.45, 7) is 1.52. The number of hydrogen-bond donors (Lipinski definition) is 1. The number of benzene rings is 1. The largest absolute Gasteiger partial charge is 0.370 e. The number of hydrogen-bond acceptors (Lipinski definition) is 7. The van der Waals surface area contributed by atoms with Crippen LogP contribution >= 0.6 is 0 Å². The first-order chi connectivity index (χ1) is 11.0. The van der Waals surface area contributed by atoms with E-state index in [4.69, 9.17) is 0 Å². The third-order valence-electron chi connectivity index (χ3n) is 2.87. The SMILES string of the molecule is CCCCCCC(=O)ONCC(=O)OS(=O)(=O)c1ccccc1. The van der Waals surface area contributed by atoms with Gasteiger partial charge in [0.05, 0.1) is 0 Å². The zero-order valence-corrected chi connectivity index (χ0v) is 13.8. The van der Waals surface area contributed by atoms with E-state index < -0.39 is 28.6 Å². The van der Waals surface area contributed by atoms with Crippen molar-refractivity contribution in [2.24, 2.45) is 0 Å². The third kappa shape index (κ3) is 7.75. The second-order valence-electron chi connectivity index (χ2n) is 4.83. The van der Waals surface area contributed by atoms with Gasteiger partial charge in [-0.15, -0.1) is 5.48 Å². The number of nitrogens with one attached hydrogen (secondary N) is 1. The lowest BCUT2D eigenvalue weighted by Gasteiger charge is -2.07. The van der Waals surface area contributed by atoms with E-state index in [2.05, 4.69) is 21.4 Å². The molecule has 0 fully saturated rings.